The van der Waals surface area contributed by atoms with E-state index in [9.17, 15) is 4.79 Å². The van der Waals surface area contributed by atoms with Crippen LogP contribution < -0.4 is 9.47 Å². The van der Waals surface area contributed by atoms with Gasteiger partial charge in [0.1, 0.15) is 0 Å². The highest BCUT2D eigenvalue weighted by molar-refractivity contribution is 6.30. The van der Waals surface area contributed by atoms with Crippen LogP contribution in [0.1, 0.15) is 24.3 Å². The first-order chi connectivity index (χ1) is 16.5. The largest absolute Gasteiger partial charge is 0.493 e. The van der Waals surface area contributed by atoms with Crippen molar-refractivity contribution in [1.82, 2.24) is 19.9 Å². The Labute approximate surface area is 204 Å². The summed E-state index contributed by atoms with van der Waals surface area (Å²) in [7, 11) is 5.07. The Balaban J connectivity index is 1.28. The normalized spacial score (nSPS) is 14.7. The number of nitrogens with zero attached hydrogens (tertiary/aromatic N) is 4. The molecule has 0 atom stereocenters. The van der Waals surface area contributed by atoms with Crippen LogP contribution in [0.2, 0.25) is 5.02 Å². The van der Waals surface area contributed by atoms with Gasteiger partial charge in [0.25, 0.3) is 0 Å². The molecule has 0 radical (unpaired) electrons. The maximum Gasteiger partial charge on any atom is 0.241 e. The van der Waals surface area contributed by atoms with Gasteiger partial charge in [0.15, 0.2) is 11.5 Å². The Bertz CT molecular complexity index is 1110. The Hall–Kier alpha value is -3.10. The molecule has 1 aliphatic rings. The highest BCUT2D eigenvalue weighted by Crippen LogP contribution is 2.29. The fourth-order valence-electron chi connectivity index (χ4n) is 4.21. The smallest absolute Gasteiger partial charge is 0.241 e. The third-order valence-electron chi connectivity index (χ3n) is 6.11. The van der Waals surface area contributed by atoms with Gasteiger partial charge in [0, 0.05) is 30.1 Å². The van der Waals surface area contributed by atoms with Crippen molar-refractivity contribution in [3.8, 4) is 22.9 Å². The summed E-state index contributed by atoms with van der Waals surface area (Å²) in [5.41, 5.74) is 1.86. The average Bonchev–Trinajstić information content (AvgIpc) is 3.32. The number of rotatable bonds is 8. The fourth-order valence-corrected chi connectivity index (χ4v) is 4.33. The van der Waals surface area contributed by atoms with Gasteiger partial charge in [0.05, 0.1) is 20.8 Å². The third-order valence-corrected chi connectivity index (χ3v) is 6.36. The predicted octanol–water partition coefficient (Wildman–Crippen LogP) is 4.28. The molecule has 0 unspecified atom stereocenters. The first kappa shape index (κ1) is 24.0. The highest BCUT2D eigenvalue weighted by atomic mass is 35.5. The van der Waals surface area contributed by atoms with Crippen molar-refractivity contribution in [2.75, 3.05) is 34.4 Å². The van der Waals surface area contributed by atoms with Gasteiger partial charge in [-0.1, -0.05) is 22.8 Å². The van der Waals surface area contributed by atoms with Crippen LogP contribution in [-0.4, -0.2) is 60.2 Å². The number of hydrogen-bond donors (Lipinski definition) is 0. The first-order valence-corrected chi connectivity index (χ1v) is 11.6. The van der Waals surface area contributed by atoms with Crippen molar-refractivity contribution < 1.29 is 18.8 Å². The molecule has 8 nitrogen and oxygen atoms in total. The van der Waals surface area contributed by atoms with Gasteiger partial charge in [-0.05, 0) is 67.9 Å². The van der Waals surface area contributed by atoms with Gasteiger partial charge in [-0.15, -0.1) is 0 Å². The second-order valence-corrected chi connectivity index (χ2v) is 8.89. The summed E-state index contributed by atoms with van der Waals surface area (Å²) in [5.74, 6) is 2.63. The summed E-state index contributed by atoms with van der Waals surface area (Å²) in [6, 6.07) is 13.1. The Morgan fingerprint density at radius 1 is 1.12 bits per heavy atom. The van der Waals surface area contributed by atoms with Crippen LogP contribution >= 0.6 is 11.6 Å². The van der Waals surface area contributed by atoms with E-state index in [0.717, 1.165) is 37.1 Å². The molecular weight excluding hydrogens is 456 g/mol. The maximum absolute atomic E-state index is 13.0. The van der Waals surface area contributed by atoms with Gasteiger partial charge < -0.3 is 18.9 Å². The van der Waals surface area contributed by atoms with Crippen molar-refractivity contribution >= 4 is 17.5 Å². The third kappa shape index (κ3) is 5.69. The quantitative estimate of drug-likeness (QED) is 0.472. The number of benzene rings is 2. The maximum atomic E-state index is 13.0. The van der Waals surface area contributed by atoms with Gasteiger partial charge >= 0.3 is 0 Å². The van der Waals surface area contributed by atoms with E-state index in [0.29, 0.717) is 41.3 Å². The Morgan fingerprint density at radius 3 is 2.50 bits per heavy atom. The minimum Gasteiger partial charge on any atom is -0.493 e. The van der Waals surface area contributed by atoms with E-state index in [1.807, 2.05) is 37.4 Å². The molecule has 3 aromatic rings. The number of ether oxygens (including phenoxy) is 2. The summed E-state index contributed by atoms with van der Waals surface area (Å²) >= 11 is 5.94. The van der Waals surface area contributed by atoms with Crippen molar-refractivity contribution in [3.63, 3.8) is 0 Å². The van der Waals surface area contributed by atoms with Crippen molar-refractivity contribution in [2.24, 2.45) is 5.92 Å². The number of halogens is 1. The molecule has 9 heteroatoms. The number of amides is 1. The lowest BCUT2D eigenvalue weighted by atomic mass is 9.95. The molecule has 0 saturated carbocycles. The van der Waals surface area contributed by atoms with Gasteiger partial charge in [-0.2, -0.15) is 4.98 Å². The SMILES string of the molecule is COc1ccc(CN(C)C(=O)C2CCN(Cc3nc(-c4ccc(Cl)cc4)no3)CC2)cc1OC. The summed E-state index contributed by atoms with van der Waals surface area (Å²) in [5, 5.41) is 4.74. The summed E-state index contributed by atoms with van der Waals surface area (Å²) < 4.78 is 16.1. The van der Waals surface area contributed by atoms with Crippen LogP contribution in [0.4, 0.5) is 0 Å². The number of likely N-dealkylation sites (tertiary alicyclic amines) is 1. The van der Waals surface area contributed by atoms with E-state index in [1.54, 1.807) is 31.3 Å². The second-order valence-electron chi connectivity index (χ2n) is 8.45. The summed E-state index contributed by atoms with van der Waals surface area (Å²) in [4.78, 5) is 21.6. The number of aromatic nitrogens is 2. The second kappa shape index (κ2) is 10.9. The number of carbonyl (C=O) groups excluding carboxylic acids is 1. The van der Waals surface area contributed by atoms with Crippen LogP contribution in [0.25, 0.3) is 11.4 Å². The lowest BCUT2D eigenvalue weighted by Gasteiger charge is -2.32. The fraction of sp³-hybridized carbons (Fsp3) is 0.400. The van der Waals surface area contributed by atoms with E-state index in [2.05, 4.69) is 15.0 Å². The molecule has 180 valence electrons. The topological polar surface area (TPSA) is 80.9 Å². The minimum atomic E-state index is 0.00806. The van der Waals surface area contributed by atoms with Gasteiger partial charge in [-0.25, -0.2) is 0 Å². The zero-order valence-corrected chi connectivity index (χ0v) is 20.4. The summed E-state index contributed by atoms with van der Waals surface area (Å²) in [6.07, 6.45) is 1.60. The standard InChI is InChI=1S/C25H29ClN4O4/c1-29(15-17-4-9-21(32-2)22(14-17)33-3)25(31)19-10-12-30(13-11-19)16-23-27-24(28-34-23)18-5-7-20(26)8-6-18/h4-9,14,19H,10-13,15-16H2,1-3H3. The van der Waals surface area contributed by atoms with Crippen molar-refractivity contribution in [3.05, 3.63) is 58.9 Å². The van der Waals surface area contributed by atoms with E-state index >= 15 is 0 Å². The Kier molecular flexibility index (Phi) is 7.70. The van der Waals surface area contributed by atoms with Crippen molar-refractivity contribution in [2.45, 2.75) is 25.9 Å². The average molecular weight is 485 g/mol. The molecule has 0 aliphatic carbocycles. The molecule has 0 spiro atoms. The van der Waals surface area contributed by atoms with Gasteiger partial charge in [0.2, 0.25) is 17.6 Å². The molecule has 4 rings (SSSR count). The molecule has 1 saturated heterocycles. The van der Waals surface area contributed by atoms with E-state index in [-0.39, 0.29) is 11.8 Å². The number of methoxy groups -OCH3 is 2. The molecule has 0 bridgehead atoms. The van der Waals surface area contributed by atoms with Gasteiger partial charge in [-0.3, -0.25) is 9.69 Å². The zero-order chi connectivity index (χ0) is 24.1. The lowest BCUT2D eigenvalue weighted by molar-refractivity contribution is -0.136. The lowest BCUT2D eigenvalue weighted by Crippen LogP contribution is -2.40. The van der Waals surface area contributed by atoms with Crippen molar-refractivity contribution in [1.29, 1.82) is 0 Å². The summed E-state index contributed by atoms with van der Waals surface area (Å²) in [6.45, 7) is 2.70. The van der Waals surface area contributed by atoms with Crippen LogP contribution in [0, 0.1) is 5.92 Å². The molecule has 34 heavy (non-hydrogen) atoms. The zero-order valence-electron chi connectivity index (χ0n) is 19.7. The Morgan fingerprint density at radius 2 is 1.82 bits per heavy atom. The monoisotopic (exact) mass is 484 g/mol. The van der Waals surface area contributed by atoms with E-state index in [1.165, 1.54) is 0 Å². The number of piperidine rings is 1. The minimum absolute atomic E-state index is 0.00806. The first-order valence-electron chi connectivity index (χ1n) is 11.2. The van der Waals surface area contributed by atoms with E-state index in [4.69, 9.17) is 25.6 Å². The molecule has 2 aromatic carbocycles. The highest BCUT2D eigenvalue weighted by Gasteiger charge is 2.28. The van der Waals surface area contributed by atoms with Crippen LogP contribution in [0.5, 0.6) is 11.5 Å². The molecule has 1 aromatic heterocycles. The number of hydrogen-bond acceptors (Lipinski definition) is 7. The van der Waals surface area contributed by atoms with Crippen LogP contribution in [-0.2, 0) is 17.9 Å². The van der Waals surface area contributed by atoms with Crippen LogP contribution in [0.3, 0.4) is 0 Å². The molecule has 1 amide bonds. The number of carbonyl (C=O) groups is 1. The molecule has 1 aliphatic heterocycles. The molecule has 1 fully saturated rings. The molecule has 0 N–H and O–H groups in total. The molecule has 2 heterocycles. The predicted molar refractivity (Wildman–Crippen MR) is 129 cm³/mol. The van der Waals surface area contributed by atoms with E-state index < -0.39 is 0 Å². The molecular formula is C25H29ClN4O4. The van der Waals surface area contributed by atoms with Crippen LogP contribution in [0.15, 0.2) is 47.0 Å².